The summed E-state index contributed by atoms with van der Waals surface area (Å²) in [5.41, 5.74) is 0.326. The van der Waals surface area contributed by atoms with Crippen molar-refractivity contribution in [2.24, 2.45) is 5.92 Å². The van der Waals surface area contributed by atoms with E-state index in [4.69, 9.17) is 21.7 Å². The number of alkyl halides is 4. The molecule has 4 aliphatic rings. The van der Waals surface area contributed by atoms with Gasteiger partial charge in [0.2, 0.25) is 21.9 Å². The Labute approximate surface area is 382 Å². The fraction of sp³-hybridized carbons (Fsp3) is 0.455. The zero-order valence-electron chi connectivity index (χ0n) is 35.1. The van der Waals surface area contributed by atoms with Crippen LogP contribution in [0.15, 0.2) is 41.2 Å². The number of benzene rings is 2. The van der Waals surface area contributed by atoms with Crippen molar-refractivity contribution in [3.8, 4) is 5.69 Å². The largest absolute Gasteiger partial charge is 0.344 e. The predicted octanol–water partition coefficient (Wildman–Crippen LogP) is 8.34. The molecule has 2 N–H and O–H groups in total. The second-order valence-electron chi connectivity index (χ2n) is 18.0. The molecule has 4 aliphatic carbocycles. The number of sulfonamides is 1. The lowest BCUT2D eigenvalue weighted by Gasteiger charge is -2.33. The van der Waals surface area contributed by atoms with Gasteiger partial charge in [-0.3, -0.25) is 28.2 Å². The molecule has 0 saturated heterocycles. The van der Waals surface area contributed by atoms with Crippen molar-refractivity contribution in [1.82, 2.24) is 39.4 Å². The number of carbonyl (C=O) groups is 1. The highest BCUT2D eigenvalue weighted by atomic mass is 79.9. The number of anilines is 1. The average molecular weight is 1000 g/mol. The van der Waals surface area contributed by atoms with Crippen molar-refractivity contribution >= 4 is 71.2 Å². The maximum Gasteiger partial charge on any atom is 0.268 e. The number of nitrogens with one attached hydrogen (secondary N) is 2. The number of hydrogen-bond donors (Lipinski definition) is 2. The van der Waals surface area contributed by atoms with E-state index in [2.05, 4.69) is 36.1 Å². The van der Waals surface area contributed by atoms with Gasteiger partial charge in [0.25, 0.3) is 5.56 Å². The van der Waals surface area contributed by atoms with Crippen LogP contribution in [0.5, 0.6) is 0 Å². The number of hydrogen-bond acceptors (Lipinski definition) is 8. The summed E-state index contributed by atoms with van der Waals surface area (Å²) in [4.78, 5) is 39.3. The number of carbonyl (C=O) groups excluding carboxylic acids is 1. The lowest BCUT2D eigenvalue weighted by molar-refractivity contribution is -0.122. The third kappa shape index (κ3) is 8.20. The molecule has 21 heteroatoms. The van der Waals surface area contributed by atoms with E-state index in [0.717, 1.165) is 55.5 Å². The summed E-state index contributed by atoms with van der Waals surface area (Å²) in [5.74, 6) is -4.46. The highest BCUT2D eigenvalue weighted by molar-refractivity contribution is 9.09. The van der Waals surface area contributed by atoms with Gasteiger partial charge in [0, 0.05) is 47.8 Å². The number of nitrogens with zero attached hydrogens (tertiary/aromatic N) is 7. The van der Waals surface area contributed by atoms with Crippen molar-refractivity contribution in [3.05, 3.63) is 103 Å². The molecular weight excluding hydrogens is 961 g/mol. The fourth-order valence-electron chi connectivity index (χ4n) is 9.83. The van der Waals surface area contributed by atoms with Gasteiger partial charge in [-0.1, -0.05) is 27.5 Å². The van der Waals surface area contributed by atoms with E-state index in [1.807, 2.05) is 0 Å². The van der Waals surface area contributed by atoms with Crippen molar-refractivity contribution < 1.29 is 35.2 Å². The van der Waals surface area contributed by atoms with Gasteiger partial charge in [-0.2, -0.15) is 10.2 Å². The quantitative estimate of drug-likeness (QED) is 0.0864. The Hall–Kier alpha value is -4.95. The summed E-state index contributed by atoms with van der Waals surface area (Å²) < 4.78 is 107. The van der Waals surface area contributed by atoms with Crippen LogP contribution in [-0.2, 0) is 46.4 Å². The minimum Gasteiger partial charge on any atom is -0.344 e. The monoisotopic (exact) mass is 1000 g/mol. The summed E-state index contributed by atoms with van der Waals surface area (Å²) in [7, 11) is -3.91. The molecule has 3 fully saturated rings. The summed E-state index contributed by atoms with van der Waals surface area (Å²) in [6.07, 6.45) is 2.05. The number of halogens is 7. The van der Waals surface area contributed by atoms with Crippen molar-refractivity contribution in [3.63, 3.8) is 0 Å². The minimum absolute atomic E-state index is 0.0721. The van der Waals surface area contributed by atoms with E-state index < -0.39 is 76.4 Å². The lowest BCUT2D eigenvalue weighted by atomic mass is 9.81. The molecule has 3 saturated carbocycles. The van der Waals surface area contributed by atoms with Crippen LogP contribution in [0, 0.1) is 24.5 Å². The van der Waals surface area contributed by atoms with Gasteiger partial charge in [-0.25, -0.2) is 40.3 Å². The first-order valence-corrected chi connectivity index (χ1v) is 24.8. The number of amides is 1. The van der Waals surface area contributed by atoms with Crippen LogP contribution < -0.4 is 15.6 Å². The first-order valence-electron chi connectivity index (χ1n) is 21.4. The van der Waals surface area contributed by atoms with E-state index >= 15 is 9.18 Å². The molecule has 342 valence electrons. The molecule has 3 atom stereocenters. The maximum absolute atomic E-state index is 16.7. The Morgan fingerprint density at radius 2 is 1.72 bits per heavy atom. The zero-order chi connectivity index (χ0) is 45.9. The van der Waals surface area contributed by atoms with Crippen LogP contribution in [0.25, 0.3) is 27.6 Å². The number of pyridine rings is 1. The predicted molar refractivity (Wildman–Crippen MR) is 236 cm³/mol. The zero-order valence-corrected chi connectivity index (χ0v) is 38.2. The van der Waals surface area contributed by atoms with Crippen LogP contribution in [0.4, 0.5) is 27.8 Å². The Balaban J connectivity index is 1.19. The molecular formula is C44H42BrClF5N9O4S. The van der Waals surface area contributed by atoms with E-state index in [9.17, 15) is 30.8 Å². The number of rotatable bonds is 13. The smallest absolute Gasteiger partial charge is 0.268 e. The van der Waals surface area contributed by atoms with Crippen LogP contribution in [0.3, 0.4) is 0 Å². The van der Waals surface area contributed by atoms with Gasteiger partial charge in [0.1, 0.15) is 24.0 Å². The Bertz CT molecular complexity index is 3130. The Morgan fingerprint density at radius 1 is 1.00 bits per heavy atom. The molecule has 0 spiro atoms. The summed E-state index contributed by atoms with van der Waals surface area (Å²) in [5, 5.41) is 12.9. The molecule has 6 aromatic rings. The highest BCUT2D eigenvalue weighted by Gasteiger charge is 2.51. The Morgan fingerprint density at radius 3 is 2.40 bits per heavy atom. The molecule has 65 heavy (non-hydrogen) atoms. The number of aromatic nitrogens is 7. The first-order chi connectivity index (χ1) is 30.8. The normalized spacial score (nSPS) is 20.2. The standard InChI is InChI=1S/C44H42BrClF5N9O4S/c1-21-13-32(43(49)7-9-44(50,51)10-8-43)53-39-34(21)42(62)60(30-6-5-28(46)36-38(30)58(12-11-45)56-40(36)57-65(2,63)64)41(54-39)29(16-22-14-25(47)19-26(48)15-22)52-33(61)20-59-31-18-24-17-27(24)35(31)37(55-59)23-3-4-23/h5-6,13-15,19,23-24,27,29H,3-4,7-12,16-18,20H2,1-2H3,(H,52,61)(H,56,57)/t24-,27-,29-/m0/s1. The van der Waals surface area contributed by atoms with Gasteiger partial charge in [0.05, 0.1) is 57.2 Å². The van der Waals surface area contributed by atoms with Crippen molar-refractivity contribution in [1.29, 1.82) is 0 Å². The molecule has 4 aromatic heterocycles. The second-order valence-corrected chi connectivity index (χ2v) is 20.9. The van der Waals surface area contributed by atoms with Crippen LogP contribution >= 0.6 is 27.5 Å². The van der Waals surface area contributed by atoms with Crippen LogP contribution in [0.2, 0.25) is 5.02 Å². The SMILES string of the molecule is Cc1cc(C2(F)CCC(F)(F)CC2)nc2nc([C@H](Cc3cc(F)cc(F)c3)NC(=O)Cn3nc(C4CC4)c4c3C[C@@H]3C[C@H]43)n(-c3ccc(Cl)c4c(NS(C)(=O)=O)nn(CCBr)c34)c(=O)c12. The topological polar surface area (TPSA) is 159 Å². The van der Waals surface area contributed by atoms with Crippen LogP contribution in [-0.4, -0.2) is 65.9 Å². The summed E-state index contributed by atoms with van der Waals surface area (Å²) >= 11 is 10.2. The fourth-order valence-corrected chi connectivity index (χ4v) is 10.9. The van der Waals surface area contributed by atoms with Crippen LogP contribution in [0.1, 0.15) is 102 Å². The third-order valence-electron chi connectivity index (χ3n) is 13.1. The molecule has 10 rings (SSSR count). The summed E-state index contributed by atoms with van der Waals surface area (Å²) in [6.45, 7) is 1.46. The molecule has 4 heterocycles. The third-order valence-corrected chi connectivity index (χ3v) is 14.3. The summed E-state index contributed by atoms with van der Waals surface area (Å²) in [6, 6.07) is 5.78. The van der Waals surface area contributed by atoms with E-state index in [1.54, 1.807) is 11.6 Å². The molecule has 0 bridgehead atoms. The number of fused-ring (bicyclic) bond motifs is 5. The van der Waals surface area contributed by atoms with Gasteiger partial charge < -0.3 is 5.32 Å². The molecule has 0 radical (unpaired) electrons. The van der Waals surface area contributed by atoms with Gasteiger partial charge in [-0.05, 0) is 98.7 Å². The molecule has 0 unspecified atom stereocenters. The molecule has 2 aromatic carbocycles. The Kier molecular flexibility index (Phi) is 10.7. The molecule has 0 aliphatic heterocycles. The number of aryl methyl sites for hydroxylation is 2. The van der Waals surface area contributed by atoms with E-state index in [1.165, 1.54) is 33.0 Å². The maximum atomic E-state index is 16.7. The van der Waals surface area contributed by atoms with Crippen molar-refractivity contribution in [2.75, 3.05) is 16.3 Å². The lowest BCUT2D eigenvalue weighted by Crippen LogP contribution is -2.38. The van der Waals surface area contributed by atoms with Gasteiger partial charge in [-0.15, -0.1) is 0 Å². The average Bonchev–Trinajstić information content (AvgIpc) is 4.11. The molecule has 1 amide bonds. The minimum atomic E-state index is -3.91. The van der Waals surface area contributed by atoms with Crippen molar-refractivity contribution in [2.45, 2.75) is 107 Å². The van der Waals surface area contributed by atoms with E-state index in [-0.39, 0.29) is 80.6 Å². The second kappa shape index (κ2) is 15.8. The first kappa shape index (κ1) is 43.9. The van der Waals surface area contributed by atoms with Gasteiger partial charge in [0.15, 0.2) is 17.1 Å². The van der Waals surface area contributed by atoms with E-state index in [0.29, 0.717) is 29.2 Å². The van der Waals surface area contributed by atoms with Gasteiger partial charge >= 0.3 is 0 Å². The highest BCUT2D eigenvalue weighted by Crippen LogP contribution is 2.60. The molecule has 13 nitrogen and oxygen atoms in total.